The lowest BCUT2D eigenvalue weighted by Crippen LogP contribution is -2.38. The number of rotatable bonds is 9. The van der Waals surface area contributed by atoms with Gasteiger partial charge in [-0.1, -0.05) is 64.7 Å². The molecule has 2 aromatic rings. The molecule has 4 nitrogen and oxygen atoms in total. The van der Waals surface area contributed by atoms with Crippen molar-refractivity contribution in [3.05, 3.63) is 42.5 Å². The van der Waals surface area contributed by atoms with Gasteiger partial charge in [-0.3, -0.25) is 0 Å². The van der Waals surface area contributed by atoms with Crippen LogP contribution >= 0.6 is 11.8 Å². The van der Waals surface area contributed by atoms with E-state index in [4.69, 9.17) is 0 Å². The largest absolute Gasteiger partial charge is 0.507 e. The maximum absolute atomic E-state index is 13.7. The first kappa shape index (κ1) is 24.0. The molecule has 2 aromatic carbocycles. The molecule has 0 radical (unpaired) electrons. The van der Waals surface area contributed by atoms with E-state index >= 15 is 0 Å². The molecule has 31 heavy (non-hydrogen) atoms. The molecule has 0 fully saturated rings. The smallest absolute Gasteiger partial charge is 0.181 e. The number of nitrogens with zero attached hydrogens (tertiary/aromatic N) is 1. The molecule has 0 atom stereocenters. The van der Waals surface area contributed by atoms with Gasteiger partial charge in [-0.05, 0) is 36.8 Å². The van der Waals surface area contributed by atoms with Crippen LogP contribution in [0.5, 0.6) is 5.75 Å². The number of thioether (sulfide) groups is 1. The third-order valence-electron chi connectivity index (χ3n) is 6.15. The number of para-hydroxylation sites is 1. The van der Waals surface area contributed by atoms with Crippen LogP contribution < -0.4 is 4.90 Å². The van der Waals surface area contributed by atoms with Gasteiger partial charge in [0.2, 0.25) is 0 Å². The van der Waals surface area contributed by atoms with E-state index in [0.29, 0.717) is 12.2 Å². The minimum Gasteiger partial charge on any atom is -0.507 e. The van der Waals surface area contributed by atoms with Crippen LogP contribution in [0.2, 0.25) is 0 Å². The van der Waals surface area contributed by atoms with Crippen LogP contribution in [0, 0.1) is 5.41 Å². The number of fused-ring (bicyclic) bond motifs is 1. The predicted octanol–water partition coefficient (Wildman–Crippen LogP) is 6.80. The lowest BCUT2D eigenvalue weighted by molar-refractivity contribution is 0.270. The zero-order valence-electron chi connectivity index (χ0n) is 18.9. The van der Waals surface area contributed by atoms with Crippen LogP contribution in [-0.2, 0) is 9.84 Å². The second kappa shape index (κ2) is 10.3. The molecule has 1 aliphatic rings. The molecule has 0 aromatic heterocycles. The Morgan fingerprint density at radius 1 is 1.03 bits per heavy atom. The van der Waals surface area contributed by atoms with Crippen molar-refractivity contribution in [2.75, 3.05) is 23.0 Å². The number of unbranched alkanes of at least 4 members (excludes halogenated alkanes) is 2. The number of aromatic hydroxyl groups is 1. The van der Waals surface area contributed by atoms with E-state index in [2.05, 4.69) is 18.7 Å². The molecule has 0 saturated heterocycles. The Bertz CT molecular complexity index is 966. The van der Waals surface area contributed by atoms with Gasteiger partial charge < -0.3 is 10.0 Å². The summed E-state index contributed by atoms with van der Waals surface area (Å²) in [5, 5.41) is 10.6. The quantitative estimate of drug-likeness (QED) is 0.416. The molecule has 1 heterocycles. The summed E-state index contributed by atoms with van der Waals surface area (Å²) < 4.78 is 27.4. The number of phenols is 1. The Labute approximate surface area is 192 Å². The van der Waals surface area contributed by atoms with Crippen molar-refractivity contribution in [2.24, 2.45) is 5.41 Å². The molecule has 0 bridgehead atoms. The second-order valence-electron chi connectivity index (χ2n) is 8.61. The normalized spacial score (nSPS) is 17.2. The zero-order chi connectivity index (χ0) is 22.5. The summed E-state index contributed by atoms with van der Waals surface area (Å²) >= 11 is 1.54. The molecular formula is C25H35NO3S2. The summed E-state index contributed by atoms with van der Waals surface area (Å²) in [6, 6.07) is 13.4. The van der Waals surface area contributed by atoms with E-state index in [0.717, 1.165) is 54.9 Å². The van der Waals surface area contributed by atoms with Crippen LogP contribution in [0.3, 0.4) is 0 Å². The van der Waals surface area contributed by atoms with Crippen molar-refractivity contribution in [1.82, 2.24) is 0 Å². The highest BCUT2D eigenvalue weighted by Gasteiger charge is 2.42. The van der Waals surface area contributed by atoms with Crippen LogP contribution in [0.25, 0.3) is 0 Å². The van der Waals surface area contributed by atoms with Crippen LogP contribution in [0.1, 0.15) is 59.3 Å². The fourth-order valence-corrected chi connectivity index (χ4v) is 7.42. The summed E-state index contributed by atoms with van der Waals surface area (Å²) in [7, 11) is -3.55. The minimum absolute atomic E-state index is 0.0526. The highest BCUT2D eigenvalue weighted by Crippen LogP contribution is 2.47. The highest BCUT2D eigenvalue weighted by molar-refractivity contribution is 7.99. The van der Waals surface area contributed by atoms with Gasteiger partial charge in [0.1, 0.15) is 5.75 Å². The van der Waals surface area contributed by atoms with Gasteiger partial charge in [0, 0.05) is 23.7 Å². The Morgan fingerprint density at radius 3 is 2.26 bits per heavy atom. The third kappa shape index (κ3) is 5.40. The third-order valence-corrected chi connectivity index (χ3v) is 9.06. The van der Waals surface area contributed by atoms with Crippen molar-refractivity contribution in [3.63, 3.8) is 0 Å². The lowest BCUT2D eigenvalue weighted by Gasteiger charge is -2.37. The SMILES string of the molecule is CCCCC1(CCCC)CN(c2ccccc2)c2cc(SCC)c(O)cc2S(=O)(=O)C1. The first-order valence-corrected chi connectivity index (χ1v) is 14.0. The topological polar surface area (TPSA) is 57.6 Å². The van der Waals surface area contributed by atoms with Crippen LogP contribution in [-0.4, -0.2) is 31.6 Å². The predicted molar refractivity (Wildman–Crippen MR) is 131 cm³/mol. The maximum Gasteiger partial charge on any atom is 0.181 e. The van der Waals surface area contributed by atoms with E-state index < -0.39 is 9.84 Å². The van der Waals surface area contributed by atoms with Gasteiger partial charge >= 0.3 is 0 Å². The van der Waals surface area contributed by atoms with Crippen LogP contribution in [0.4, 0.5) is 11.4 Å². The average Bonchev–Trinajstić information content (AvgIpc) is 2.85. The monoisotopic (exact) mass is 461 g/mol. The average molecular weight is 462 g/mol. The fraction of sp³-hybridized carbons (Fsp3) is 0.520. The summed E-state index contributed by atoms with van der Waals surface area (Å²) in [5.41, 5.74) is 1.37. The first-order chi connectivity index (χ1) is 14.9. The van der Waals surface area contributed by atoms with Crippen molar-refractivity contribution in [1.29, 1.82) is 0 Å². The summed E-state index contributed by atoms with van der Waals surface area (Å²) in [6.45, 7) is 7.02. The van der Waals surface area contributed by atoms with Gasteiger partial charge in [-0.2, -0.15) is 0 Å². The number of benzene rings is 2. The van der Waals surface area contributed by atoms with Crippen molar-refractivity contribution < 1.29 is 13.5 Å². The van der Waals surface area contributed by atoms with Gasteiger partial charge in [0.25, 0.3) is 0 Å². The van der Waals surface area contributed by atoms with E-state index in [1.165, 1.54) is 17.8 Å². The maximum atomic E-state index is 13.7. The molecule has 0 aliphatic carbocycles. The molecule has 1 aliphatic heterocycles. The molecule has 6 heteroatoms. The van der Waals surface area contributed by atoms with Gasteiger partial charge in [0.15, 0.2) is 9.84 Å². The van der Waals surface area contributed by atoms with Crippen molar-refractivity contribution in [3.8, 4) is 5.75 Å². The van der Waals surface area contributed by atoms with E-state index in [1.807, 2.05) is 43.3 Å². The Kier molecular flexibility index (Phi) is 7.98. The second-order valence-corrected chi connectivity index (χ2v) is 11.9. The summed E-state index contributed by atoms with van der Waals surface area (Å²) in [4.78, 5) is 3.17. The first-order valence-electron chi connectivity index (χ1n) is 11.4. The molecule has 3 rings (SSSR count). The summed E-state index contributed by atoms with van der Waals surface area (Å²) in [6.07, 6.45) is 5.90. The number of sulfone groups is 1. The lowest BCUT2D eigenvalue weighted by atomic mass is 9.79. The molecule has 1 N–H and O–H groups in total. The summed E-state index contributed by atoms with van der Waals surface area (Å²) in [5.74, 6) is 0.994. The molecule has 0 unspecified atom stereocenters. The molecular weight excluding hydrogens is 426 g/mol. The van der Waals surface area contributed by atoms with Gasteiger partial charge in [-0.15, -0.1) is 11.8 Å². The Morgan fingerprint density at radius 2 is 1.68 bits per heavy atom. The number of hydrogen-bond donors (Lipinski definition) is 1. The molecule has 170 valence electrons. The van der Waals surface area contributed by atoms with Gasteiger partial charge in [-0.25, -0.2) is 8.42 Å². The Hall–Kier alpha value is -1.66. The molecule has 0 amide bonds. The van der Waals surface area contributed by atoms with E-state index in [1.54, 1.807) is 0 Å². The molecule has 0 saturated carbocycles. The fourth-order valence-electron chi connectivity index (χ4n) is 4.59. The number of hydrogen-bond acceptors (Lipinski definition) is 5. The zero-order valence-corrected chi connectivity index (χ0v) is 20.6. The number of phenolic OH excluding ortho intramolecular Hbond substituents is 1. The number of anilines is 2. The minimum atomic E-state index is -3.55. The van der Waals surface area contributed by atoms with Crippen molar-refractivity contribution >= 4 is 33.0 Å². The highest BCUT2D eigenvalue weighted by atomic mass is 32.2. The standard InChI is InChI=1S/C25H35NO3S2/c1-4-7-14-25(15-8-5-2)18-26(20-12-10-9-11-13-20)21-16-23(30-6-3)22(27)17-24(21)31(28,29)19-25/h9-13,16-17,27H,4-8,14-15,18-19H2,1-3H3. The van der Waals surface area contributed by atoms with Crippen LogP contribution in [0.15, 0.2) is 52.3 Å². The Balaban J connectivity index is 2.23. The van der Waals surface area contributed by atoms with Gasteiger partial charge in [0.05, 0.1) is 21.2 Å². The van der Waals surface area contributed by atoms with E-state index in [9.17, 15) is 13.5 Å². The van der Waals surface area contributed by atoms with Crippen molar-refractivity contribution in [2.45, 2.75) is 69.1 Å². The van der Waals surface area contributed by atoms with E-state index in [-0.39, 0.29) is 21.8 Å². The molecule has 0 spiro atoms.